The van der Waals surface area contributed by atoms with Crippen LogP contribution in [0.15, 0.2) is 54.2 Å². The molecule has 4 amide bonds. The molecular weight excluding hydrogens is 381 g/mol. The van der Waals surface area contributed by atoms with Crippen molar-refractivity contribution in [2.45, 2.75) is 32.1 Å². The van der Waals surface area contributed by atoms with E-state index in [0.717, 1.165) is 16.0 Å². The number of nitrogens with zero attached hydrogens (tertiary/aromatic N) is 1. The minimum Gasteiger partial charge on any atom is -0.381 e. The van der Waals surface area contributed by atoms with Crippen molar-refractivity contribution in [3.63, 3.8) is 0 Å². The van der Waals surface area contributed by atoms with Crippen molar-refractivity contribution in [2.24, 2.45) is 0 Å². The number of carbonyl (C=O) groups excluding carboxylic acids is 4. The molecule has 8 heteroatoms. The molecule has 2 heterocycles. The normalized spacial score (nSPS) is 19.6. The molecule has 30 heavy (non-hydrogen) atoms. The summed E-state index contributed by atoms with van der Waals surface area (Å²) >= 11 is 0. The lowest BCUT2D eigenvalue weighted by molar-refractivity contribution is -0.136. The Bertz CT molecular complexity index is 996. The molecule has 1 fully saturated rings. The van der Waals surface area contributed by atoms with Gasteiger partial charge in [-0.15, -0.1) is 0 Å². The number of hydrogen-bond acceptors (Lipinski definition) is 5. The zero-order valence-corrected chi connectivity index (χ0v) is 16.7. The molecule has 7 nitrogen and oxygen atoms in total. The van der Waals surface area contributed by atoms with Gasteiger partial charge in [-0.25, -0.2) is 0 Å². The number of hydrogen-bond donors (Lipinski definition) is 2. The Hall–Kier alpha value is -3.42. The van der Waals surface area contributed by atoms with Gasteiger partial charge in [0, 0.05) is 18.7 Å². The van der Waals surface area contributed by atoms with Crippen molar-refractivity contribution in [2.75, 3.05) is 11.9 Å². The highest BCUT2D eigenvalue weighted by Gasteiger charge is 2.45. The van der Waals surface area contributed by atoms with E-state index in [1.54, 1.807) is 24.3 Å². The summed E-state index contributed by atoms with van der Waals surface area (Å²) in [6.45, 7) is 6.07. The third-order valence-electron chi connectivity index (χ3n) is 5.11. The smallest absolute Gasteiger partial charge is 0.264 e. The summed E-state index contributed by atoms with van der Waals surface area (Å²) in [5.41, 5.74) is 2.88. The van der Waals surface area contributed by atoms with Gasteiger partial charge in [-0.3, -0.25) is 29.4 Å². The van der Waals surface area contributed by atoms with E-state index < -0.39 is 29.7 Å². The fourth-order valence-corrected chi connectivity index (χ4v) is 3.42. The quantitative estimate of drug-likeness (QED) is 0.413. The third kappa shape index (κ3) is 4.12. The van der Waals surface area contributed by atoms with Gasteiger partial charge in [0.2, 0.25) is 11.8 Å². The second-order valence-electron chi connectivity index (χ2n) is 7.19. The molecule has 0 aliphatic carbocycles. The molecule has 0 aromatic heterocycles. The predicted octanol–water partition coefficient (Wildman–Crippen LogP) is 2.15. The van der Waals surface area contributed by atoms with Crippen LogP contribution in [0.3, 0.4) is 0 Å². The van der Waals surface area contributed by atoms with Gasteiger partial charge in [-0.2, -0.15) is 0 Å². The van der Waals surface area contributed by atoms with Crippen molar-refractivity contribution in [3.05, 3.63) is 65.3 Å². The Morgan fingerprint density at radius 1 is 1.27 bits per heavy atom. The maximum Gasteiger partial charge on any atom is 0.264 e. The van der Waals surface area contributed by atoms with Gasteiger partial charge in [0.15, 0.2) is 0 Å². The standard InChI is InChI=1S/C22H22BN3O4/c1-3-14(11-23)8-7-13(2)12-24-16-6-4-5-15-19(16)22(30)26(21(15)29)17-9-10-18(27)25-20(17)28/h3-8,17,24H,1,9-12H2,2H3,(H,25,27,28)/b13-7+,14-8+. The number of anilines is 1. The van der Waals surface area contributed by atoms with Crippen LogP contribution in [0.1, 0.15) is 40.5 Å². The number of benzene rings is 1. The molecular formula is C22H22BN3O4. The highest BCUT2D eigenvalue weighted by atomic mass is 16.2. The molecule has 152 valence electrons. The molecule has 1 aromatic carbocycles. The molecule has 2 aliphatic heterocycles. The molecule has 2 radical (unpaired) electrons. The number of carbonyl (C=O) groups is 4. The zero-order chi connectivity index (χ0) is 21.8. The lowest BCUT2D eigenvalue weighted by Crippen LogP contribution is -2.54. The van der Waals surface area contributed by atoms with E-state index in [1.807, 2.05) is 19.1 Å². The summed E-state index contributed by atoms with van der Waals surface area (Å²) in [7, 11) is 5.61. The van der Waals surface area contributed by atoms with E-state index in [0.29, 0.717) is 18.6 Å². The fourth-order valence-electron chi connectivity index (χ4n) is 3.42. The first-order chi connectivity index (χ1) is 14.4. The number of nitrogens with one attached hydrogen (secondary N) is 2. The predicted molar refractivity (Wildman–Crippen MR) is 114 cm³/mol. The van der Waals surface area contributed by atoms with Crippen LogP contribution in [0.25, 0.3) is 0 Å². The van der Waals surface area contributed by atoms with Crippen molar-refractivity contribution < 1.29 is 19.2 Å². The Kier molecular flexibility index (Phi) is 6.35. The second-order valence-corrected chi connectivity index (χ2v) is 7.19. The van der Waals surface area contributed by atoms with Crippen LogP contribution in [0.2, 0.25) is 6.32 Å². The molecule has 1 aromatic rings. The van der Waals surface area contributed by atoms with E-state index in [4.69, 9.17) is 7.85 Å². The minimum absolute atomic E-state index is 0.0852. The van der Waals surface area contributed by atoms with Crippen LogP contribution in [0, 0.1) is 0 Å². The van der Waals surface area contributed by atoms with Crippen molar-refractivity contribution >= 4 is 37.2 Å². The number of piperidine rings is 1. The van der Waals surface area contributed by atoms with E-state index in [-0.39, 0.29) is 24.0 Å². The summed E-state index contributed by atoms with van der Waals surface area (Å²) in [6.07, 6.45) is 6.07. The van der Waals surface area contributed by atoms with Gasteiger partial charge in [-0.05, 0) is 25.5 Å². The van der Waals surface area contributed by atoms with Crippen LogP contribution in [-0.2, 0) is 9.59 Å². The molecule has 1 saturated heterocycles. The summed E-state index contributed by atoms with van der Waals surface area (Å²) in [5, 5.41) is 5.38. The van der Waals surface area contributed by atoms with E-state index >= 15 is 0 Å². The maximum absolute atomic E-state index is 13.0. The lowest BCUT2D eigenvalue weighted by Gasteiger charge is -2.27. The Labute approximate surface area is 176 Å². The van der Waals surface area contributed by atoms with Gasteiger partial charge in [0.25, 0.3) is 11.8 Å². The maximum atomic E-state index is 13.0. The van der Waals surface area contributed by atoms with E-state index in [2.05, 4.69) is 17.2 Å². The van der Waals surface area contributed by atoms with Crippen LogP contribution in [0.4, 0.5) is 5.69 Å². The molecule has 1 atom stereocenters. The second kappa shape index (κ2) is 8.94. The van der Waals surface area contributed by atoms with Gasteiger partial charge in [0.1, 0.15) is 6.04 Å². The van der Waals surface area contributed by atoms with Crippen LogP contribution < -0.4 is 10.6 Å². The van der Waals surface area contributed by atoms with Crippen molar-refractivity contribution in [1.29, 1.82) is 0 Å². The molecule has 0 saturated carbocycles. The average molecular weight is 403 g/mol. The Morgan fingerprint density at radius 2 is 2.03 bits per heavy atom. The topological polar surface area (TPSA) is 95.6 Å². The first-order valence-corrected chi connectivity index (χ1v) is 9.64. The average Bonchev–Trinajstić information content (AvgIpc) is 2.98. The van der Waals surface area contributed by atoms with Gasteiger partial charge < -0.3 is 5.32 Å². The Morgan fingerprint density at radius 3 is 2.70 bits per heavy atom. The fraction of sp³-hybridized carbons (Fsp3) is 0.273. The largest absolute Gasteiger partial charge is 0.381 e. The SMILES string of the molecule is [B]C/C(C=C)=C/C=C(\C)CNc1cccc2c1C(=O)N(C1CCC(=O)NC1=O)C2=O. The molecule has 2 aliphatic rings. The molecule has 2 N–H and O–H groups in total. The first-order valence-electron chi connectivity index (χ1n) is 9.64. The number of fused-ring (bicyclic) bond motifs is 1. The number of allylic oxidation sites excluding steroid dienone is 4. The monoisotopic (exact) mass is 403 g/mol. The van der Waals surface area contributed by atoms with Crippen LogP contribution in [-0.4, -0.2) is 49.0 Å². The third-order valence-corrected chi connectivity index (χ3v) is 5.11. The lowest BCUT2D eigenvalue weighted by atomic mass is 9.96. The molecule has 0 spiro atoms. The minimum atomic E-state index is -0.983. The zero-order valence-electron chi connectivity index (χ0n) is 16.7. The highest BCUT2D eigenvalue weighted by Crippen LogP contribution is 2.32. The van der Waals surface area contributed by atoms with Crippen LogP contribution in [0.5, 0.6) is 0 Å². The number of amides is 4. The molecule has 3 rings (SSSR count). The highest BCUT2D eigenvalue weighted by molar-refractivity contribution is 6.25. The first kappa shape index (κ1) is 21.3. The summed E-state index contributed by atoms with van der Waals surface area (Å²) in [6, 6.07) is 3.98. The number of imide groups is 2. The van der Waals surface area contributed by atoms with E-state index in [9.17, 15) is 19.2 Å². The summed E-state index contributed by atoms with van der Waals surface area (Å²) in [5.74, 6) is -2.09. The van der Waals surface area contributed by atoms with Crippen molar-refractivity contribution in [1.82, 2.24) is 10.2 Å². The van der Waals surface area contributed by atoms with E-state index in [1.165, 1.54) is 0 Å². The summed E-state index contributed by atoms with van der Waals surface area (Å²) in [4.78, 5) is 50.4. The molecule has 1 unspecified atom stereocenters. The van der Waals surface area contributed by atoms with Crippen molar-refractivity contribution in [3.8, 4) is 0 Å². The number of rotatable bonds is 7. The summed E-state index contributed by atoms with van der Waals surface area (Å²) < 4.78 is 0. The molecule has 0 bridgehead atoms. The van der Waals surface area contributed by atoms with Gasteiger partial charge in [-0.1, -0.05) is 48.3 Å². The van der Waals surface area contributed by atoms with Crippen LogP contribution >= 0.6 is 0 Å². The van der Waals surface area contributed by atoms with Gasteiger partial charge in [0.05, 0.1) is 19.0 Å². The van der Waals surface area contributed by atoms with Gasteiger partial charge >= 0.3 is 0 Å². The Balaban J connectivity index is 1.81.